The number of hydrogen-bond acceptors (Lipinski definition) is 6. The molecule has 0 bridgehead atoms. The summed E-state index contributed by atoms with van der Waals surface area (Å²) in [5.41, 5.74) is 2.07. The summed E-state index contributed by atoms with van der Waals surface area (Å²) in [6, 6.07) is 9.84. The Balaban J connectivity index is 1.58. The number of nitrogens with zero attached hydrogens (tertiary/aromatic N) is 5. The Labute approximate surface area is 202 Å². The molecule has 174 valence electrons. The quantitative estimate of drug-likeness (QED) is 0.232. The van der Waals surface area contributed by atoms with Crippen LogP contribution in [0, 0.1) is 0 Å². The lowest BCUT2D eigenvalue weighted by Gasteiger charge is -2.21. The van der Waals surface area contributed by atoms with E-state index in [0.717, 1.165) is 46.3 Å². The third-order valence-corrected chi connectivity index (χ3v) is 8.63. The maximum atomic E-state index is 13.8. The smallest absolute Gasteiger partial charge is 0.268 e. The number of aromatic nitrogens is 4. The van der Waals surface area contributed by atoms with E-state index in [9.17, 15) is 4.79 Å². The molecule has 0 N–H and O–H groups in total. The van der Waals surface area contributed by atoms with Crippen molar-refractivity contribution in [1.29, 1.82) is 0 Å². The highest BCUT2D eigenvalue weighted by Crippen LogP contribution is 2.35. The SMILES string of the molecule is CCCCCCCCSc1nnc2n(-c3ccccc3)c(=O)c3c4c(sc3n12)CN(C)CC4. The van der Waals surface area contributed by atoms with Gasteiger partial charge in [-0.05, 0) is 37.6 Å². The third kappa shape index (κ3) is 4.36. The molecular weight excluding hydrogens is 450 g/mol. The molecule has 0 amide bonds. The van der Waals surface area contributed by atoms with Crippen LogP contribution in [-0.4, -0.2) is 43.4 Å². The lowest BCUT2D eigenvalue weighted by molar-refractivity contribution is 0.318. The molecule has 0 unspecified atom stereocenters. The van der Waals surface area contributed by atoms with Crippen LogP contribution in [0.2, 0.25) is 0 Å². The molecule has 4 aromatic rings. The van der Waals surface area contributed by atoms with E-state index in [2.05, 4.69) is 33.5 Å². The van der Waals surface area contributed by atoms with Gasteiger partial charge in [0.25, 0.3) is 5.56 Å². The largest absolute Gasteiger partial charge is 0.301 e. The topological polar surface area (TPSA) is 55.4 Å². The molecule has 8 heteroatoms. The summed E-state index contributed by atoms with van der Waals surface area (Å²) in [4.78, 5) is 18.4. The number of fused-ring (bicyclic) bond motifs is 5. The minimum absolute atomic E-state index is 0.0191. The molecule has 4 heterocycles. The van der Waals surface area contributed by atoms with Crippen LogP contribution in [0.15, 0.2) is 40.3 Å². The fourth-order valence-corrected chi connectivity index (χ4v) is 7.04. The third-order valence-electron chi connectivity index (χ3n) is 6.41. The number of benzene rings is 1. The average Bonchev–Trinajstić information content (AvgIpc) is 3.40. The van der Waals surface area contributed by atoms with Crippen molar-refractivity contribution < 1.29 is 0 Å². The molecule has 6 nitrogen and oxygen atoms in total. The van der Waals surface area contributed by atoms with E-state index < -0.39 is 0 Å². The maximum Gasteiger partial charge on any atom is 0.268 e. The summed E-state index contributed by atoms with van der Waals surface area (Å²) in [6.45, 7) is 4.12. The van der Waals surface area contributed by atoms with Crippen LogP contribution in [-0.2, 0) is 13.0 Å². The van der Waals surface area contributed by atoms with Crippen LogP contribution in [0.5, 0.6) is 0 Å². The number of para-hydroxylation sites is 1. The Hall–Kier alpha value is -2.16. The lowest BCUT2D eigenvalue weighted by Crippen LogP contribution is -2.27. The zero-order valence-corrected chi connectivity index (χ0v) is 21.1. The van der Waals surface area contributed by atoms with Gasteiger partial charge in [0.15, 0.2) is 5.16 Å². The van der Waals surface area contributed by atoms with E-state index in [0.29, 0.717) is 5.78 Å². The summed E-state index contributed by atoms with van der Waals surface area (Å²) < 4.78 is 3.88. The van der Waals surface area contributed by atoms with Gasteiger partial charge in [-0.25, -0.2) is 8.97 Å². The Morgan fingerprint density at radius 1 is 1.06 bits per heavy atom. The molecule has 0 atom stereocenters. The molecule has 1 aromatic carbocycles. The number of likely N-dealkylation sites (N-methyl/N-ethyl adjacent to an activating group) is 1. The second-order valence-electron chi connectivity index (χ2n) is 8.88. The minimum atomic E-state index is 0.0191. The summed E-state index contributed by atoms with van der Waals surface area (Å²) in [5.74, 6) is 1.63. The summed E-state index contributed by atoms with van der Waals surface area (Å²) in [5, 5.41) is 10.8. The van der Waals surface area contributed by atoms with Crippen molar-refractivity contribution in [2.45, 2.75) is 63.6 Å². The number of thioether (sulfide) groups is 1. The second-order valence-corrected chi connectivity index (χ2v) is 11.0. The molecule has 0 aliphatic carbocycles. The van der Waals surface area contributed by atoms with Crippen molar-refractivity contribution >= 4 is 39.1 Å². The zero-order chi connectivity index (χ0) is 22.8. The monoisotopic (exact) mass is 481 g/mol. The first kappa shape index (κ1) is 22.6. The fourth-order valence-electron chi connectivity index (χ4n) is 4.63. The van der Waals surface area contributed by atoms with Crippen LogP contribution >= 0.6 is 23.1 Å². The normalized spacial score (nSPS) is 14.4. The highest BCUT2D eigenvalue weighted by molar-refractivity contribution is 7.99. The van der Waals surface area contributed by atoms with Gasteiger partial charge in [0.05, 0.1) is 11.1 Å². The Morgan fingerprint density at radius 3 is 2.67 bits per heavy atom. The Bertz CT molecular complexity index is 1310. The van der Waals surface area contributed by atoms with Crippen molar-refractivity contribution in [3.8, 4) is 5.69 Å². The maximum absolute atomic E-state index is 13.8. The molecular formula is C25H31N5OS2. The van der Waals surface area contributed by atoms with E-state index in [4.69, 9.17) is 0 Å². The molecule has 0 fully saturated rings. The van der Waals surface area contributed by atoms with E-state index in [1.807, 2.05) is 30.3 Å². The molecule has 1 aliphatic heterocycles. The van der Waals surface area contributed by atoms with E-state index in [1.165, 1.54) is 49.0 Å². The van der Waals surface area contributed by atoms with E-state index in [1.54, 1.807) is 27.7 Å². The molecule has 1 aliphatic rings. The number of thiophene rings is 1. The van der Waals surface area contributed by atoms with Gasteiger partial charge in [-0.2, -0.15) is 0 Å². The summed E-state index contributed by atoms with van der Waals surface area (Å²) in [7, 11) is 2.14. The van der Waals surface area contributed by atoms with Gasteiger partial charge in [0.2, 0.25) is 5.78 Å². The number of unbranched alkanes of at least 4 members (excludes halogenated alkanes) is 5. The van der Waals surface area contributed by atoms with Gasteiger partial charge < -0.3 is 4.90 Å². The van der Waals surface area contributed by atoms with Gasteiger partial charge in [0.1, 0.15) is 4.83 Å². The van der Waals surface area contributed by atoms with Crippen molar-refractivity contribution in [3.63, 3.8) is 0 Å². The predicted molar refractivity (Wildman–Crippen MR) is 138 cm³/mol. The van der Waals surface area contributed by atoms with E-state index >= 15 is 0 Å². The van der Waals surface area contributed by atoms with Crippen LogP contribution < -0.4 is 5.56 Å². The average molecular weight is 482 g/mol. The van der Waals surface area contributed by atoms with Gasteiger partial charge in [-0.3, -0.25) is 4.79 Å². The fraction of sp³-hybridized carbons (Fsp3) is 0.480. The van der Waals surface area contributed by atoms with Crippen LogP contribution in [0.4, 0.5) is 0 Å². The first-order valence-electron chi connectivity index (χ1n) is 12.0. The molecule has 0 radical (unpaired) electrons. The second kappa shape index (κ2) is 9.99. The van der Waals surface area contributed by atoms with Crippen molar-refractivity contribution in [2.24, 2.45) is 0 Å². The van der Waals surface area contributed by atoms with Gasteiger partial charge in [0, 0.05) is 23.7 Å². The Morgan fingerprint density at radius 2 is 1.85 bits per heavy atom. The Kier molecular flexibility index (Phi) is 6.85. The van der Waals surface area contributed by atoms with Gasteiger partial charge in [-0.15, -0.1) is 21.5 Å². The van der Waals surface area contributed by atoms with Crippen LogP contribution in [0.3, 0.4) is 0 Å². The number of rotatable bonds is 9. The highest BCUT2D eigenvalue weighted by atomic mass is 32.2. The van der Waals surface area contributed by atoms with Gasteiger partial charge in [-0.1, -0.05) is 69.0 Å². The number of hydrogen-bond donors (Lipinski definition) is 0. The van der Waals surface area contributed by atoms with Crippen molar-refractivity contribution in [1.82, 2.24) is 24.1 Å². The molecule has 0 spiro atoms. The van der Waals surface area contributed by atoms with Crippen molar-refractivity contribution in [3.05, 3.63) is 51.1 Å². The first-order chi connectivity index (χ1) is 16.2. The molecule has 0 saturated heterocycles. The van der Waals surface area contributed by atoms with Gasteiger partial charge >= 0.3 is 0 Å². The highest BCUT2D eigenvalue weighted by Gasteiger charge is 2.26. The lowest BCUT2D eigenvalue weighted by atomic mass is 10.1. The molecule has 5 rings (SSSR count). The van der Waals surface area contributed by atoms with Crippen LogP contribution in [0.25, 0.3) is 21.7 Å². The zero-order valence-electron chi connectivity index (χ0n) is 19.4. The van der Waals surface area contributed by atoms with Crippen LogP contribution in [0.1, 0.15) is 55.9 Å². The predicted octanol–water partition coefficient (Wildman–Crippen LogP) is 5.54. The standard InChI is InChI=1S/C25H31N5OS2/c1-3-4-5-6-7-11-16-32-25-27-26-24-29(18-12-9-8-10-13-18)22(31)21-19-14-15-28(2)17-20(19)33-23(21)30(24)25/h8-10,12-13H,3-7,11,14-17H2,1-2H3. The molecule has 3 aromatic heterocycles. The van der Waals surface area contributed by atoms with E-state index in [-0.39, 0.29) is 5.56 Å². The molecule has 33 heavy (non-hydrogen) atoms. The summed E-state index contributed by atoms with van der Waals surface area (Å²) >= 11 is 3.50. The van der Waals surface area contributed by atoms with Crippen molar-refractivity contribution in [2.75, 3.05) is 19.3 Å². The summed E-state index contributed by atoms with van der Waals surface area (Å²) in [6.07, 6.45) is 8.58. The minimum Gasteiger partial charge on any atom is -0.301 e. The molecule has 0 saturated carbocycles. The first-order valence-corrected chi connectivity index (χ1v) is 13.8.